The highest BCUT2D eigenvalue weighted by molar-refractivity contribution is 7.47. The van der Waals surface area contributed by atoms with Crippen molar-refractivity contribution in [3.63, 3.8) is 0 Å². The molecule has 0 aromatic heterocycles. The van der Waals surface area contributed by atoms with Gasteiger partial charge in [0.1, 0.15) is 19.3 Å². The van der Waals surface area contributed by atoms with E-state index in [1.165, 1.54) is 116 Å². The lowest BCUT2D eigenvalue weighted by molar-refractivity contribution is -0.870. The van der Waals surface area contributed by atoms with Crippen molar-refractivity contribution in [3.05, 3.63) is 85.1 Å². The summed E-state index contributed by atoms with van der Waals surface area (Å²) in [4.78, 5) is 37.6. The van der Waals surface area contributed by atoms with E-state index in [1.54, 1.807) is 0 Å². The van der Waals surface area contributed by atoms with Crippen molar-refractivity contribution in [2.24, 2.45) is 0 Å². The number of hydrogen-bond donors (Lipinski definition) is 2. The molecule has 0 aliphatic rings. The summed E-state index contributed by atoms with van der Waals surface area (Å²) in [5, 5.41) is 3.01. The number of unbranched alkanes of at least 4 members (excludes halogenated alkanes) is 24. The summed E-state index contributed by atoms with van der Waals surface area (Å²) in [5.74, 6) is -0.580. The first-order valence-corrected chi connectivity index (χ1v) is 30.9. The van der Waals surface area contributed by atoms with Crippen LogP contribution in [0.2, 0.25) is 0 Å². The number of esters is 1. The number of rotatable bonds is 52. The highest BCUT2D eigenvalue weighted by Gasteiger charge is 2.30. The molecule has 72 heavy (non-hydrogen) atoms. The third-order valence-corrected chi connectivity index (χ3v) is 13.6. The SMILES string of the molecule is CC/C=C\C/C=C\C/C=C\C/C=C\C/C=C\CCCC(=O)NC(COP(=O)(O)OCC[N+](C)(C)C)C(/C=C/CCCCCCCCCCCC)OC(=O)CCCCCCCCC/C=C/CCCCCCCC. The van der Waals surface area contributed by atoms with Crippen molar-refractivity contribution in [1.29, 1.82) is 0 Å². The van der Waals surface area contributed by atoms with Crippen LogP contribution in [0.15, 0.2) is 85.1 Å². The van der Waals surface area contributed by atoms with E-state index in [4.69, 9.17) is 13.8 Å². The maximum atomic E-state index is 13.5. The van der Waals surface area contributed by atoms with Gasteiger partial charge in [-0.3, -0.25) is 18.6 Å². The van der Waals surface area contributed by atoms with E-state index < -0.39 is 20.0 Å². The second-order valence-corrected chi connectivity index (χ2v) is 22.2. The number of carbonyl (C=O) groups is 2. The molecule has 0 bridgehead atoms. The fourth-order valence-corrected chi connectivity index (χ4v) is 8.76. The number of nitrogens with zero attached hydrogens (tertiary/aromatic N) is 1. The summed E-state index contributed by atoms with van der Waals surface area (Å²) in [6, 6.07) is -0.882. The standard InChI is InChI=1S/C62H111N2O7P/c1-7-10-13-16-19-22-25-28-30-32-34-36-39-42-45-48-51-54-61(65)63-59(58-70-72(67,68)69-57-56-64(4,5)6)60(53-50-47-44-41-38-27-24-21-18-15-12-9-3)71-62(66)55-52-49-46-43-40-37-35-33-31-29-26-23-20-17-14-11-8-2/h10,13,19,22,28-31,34,36,42,45,50,53,59-60H,7-9,11-12,14-18,20-21,23-27,32-33,35,37-41,43-44,46-49,51-52,54-58H2,1-6H3,(H-,63,65,67,68)/p+1/b13-10-,22-19-,30-28-,31-29+,36-34-,45-42-,53-50+. The Balaban J connectivity index is 5.42. The lowest BCUT2D eigenvalue weighted by atomic mass is 10.1. The van der Waals surface area contributed by atoms with Crippen LogP contribution < -0.4 is 5.32 Å². The Hall–Kier alpha value is -2.81. The summed E-state index contributed by atoms with van der Waals surface area (Å²) in [7, 11) is 1.45. The number of quaternary nitrogens is 1. The lowest BCUT2D eigenvalue weighted by Crippen LogP contribution is -2.47. The van der Waals surface area contributed by atoms with Crippen LogP contribution in [0.25, 0.3) is 0 Å². The molecule has 0 aliphatic carbocycles. The van der Waals surface area contributed by atoms with E-state index in [-0.39, 0.29) is 37.9 Å². The molecule has 0 aromatic carbocycles. The van der Waals surface area contributed by atoms with Crippen molar-refractivity contribution < 1.29 is 37.3 Å². The summed E-state index contributed by atoms with van der Waals surface area (Å²) < 4.78 is 30.6. The van der Waals surface area contributed by atoms with Gasteiger partial charge in [0.15, 0.2) is 0 Å². The van der Waals surface area contributed by atoms with Gasteiger partial charge >= 0.3 is 13.8 Å². The van der Waals surface area contributed by atoms with Crippen molar-refractivity contribution in [2.75, 3.05) is 40.9 Å². The van der Waals surface area contributed by atoms with Crippen LogP contribution in [-0.2, 0) is 27.9 Å². The minimum atomic E-state index is -4.46. The minimum absolute atomic E-state index is 0.0258. The van der Waals surface area contributed by atoms with Crippen LogP contribution >= 0.6 is 7.82 Å². The number of nitrogens with one attached hydrogen (secondary N) is 1. The van der Waals surface area contributed by atoms with Crippen molar-refractivity contribution in [1.82, 2.24) is 5.32 Å². The average Bonchev–Trinajstić information content (AvgIpc) is 3.34. The molecule has 0 aromatic rings. The van der Waals surface area contributed by atoms with E-state index >= 15 is 0 Å². The largest absolute Gasteiger partial charge is 0.472 e. The molecule has 0 aliphatic heterocycles. The molecule has 3 unspecified atom stereocenters. The van der Waals surface area contributed by atoms with Crippen LogP contribution in [-0.4, -0.2) is 74.3 Å². The number of carbonyl (C=O) groups excluding carboxylic acids is 2. The first kappa shape index (κ1) is 69.2. The topological polar surface area (TPSA) is 111 Å². The second-order valence-electron chi connectivity index (χ2n) is 20.8. The molecule has 10 heteroatoms. The number of hydrogen-bond acceptors (Lipinski definition) is 6. The first-order chi connectivity index (χ1) is 34.9. The predicted molar refractivity (Wildman–Crippen MR) is 309 cm³/mol. The number of allylic oxidation sites excluding steroid dienone is 13. The number of amides is 1. The maximum absolute atomic E-state index is 13.5. The Kier molecular flexibility index (Phi) is 49.6. The molecular weight excluding hydrogens is 916 g/mol. The van der Waals surface area contributed by atoms with Crippen molar-refractivity contribution in [2.45, 2.75) is 258 Å². The molecule has 416 valence electrons. The zero-order chi connectivity index (χ0) is 52.9. The van der Waals surface area contributed by atoms with Gasteiger partial charge in [0.05, 0.1) is 33.8 Å². The molecule has 0 saturated heterocycles. The molecule has 2 N–H and O–H groups in total. The highest BCUT2D eigenvalue weighted by Crippen LogP contribution is 2.43. The zero-order valence-corrected chi connectivity index (χ0v) is 48.3. The predicted octanol–water partition coefficient (Wildman–Crippen LogP) is 17.8. The molecule has 0 radical (unpaired) electrons. The van der Waals surface area contributed by atoms with Gasteiger partial charge in [0.25, 0.3) is 0 Å². The van der Waals surface area contributed by atoms with E-state index in [9.17, 15) is 19.0 Å². The number of phosphoric acid groups is 1. The third-order valence-electron chi connectivity index (χ3n) is 12.6. The Labute approximate surface area is 444 Å². The fourth-order valence-electron chi connectivity index (χ4n) is 8.03. The number of phosphoric ester groups is 1. The van der Waals surface area contributed by atoms with E-state index in [2.05, 4.69) is 99.0 Å². The summed E-state index contributed by atoms with van der Waals surface area (Å²) in [6.07, 6.45) is 67.3. The van der Waals surface area contributed by atoms with Gasteiger partial charge in [-0.2, -0.15) is 0 Å². The van der Waals surface area contributed by atoms with Gasteiger partial charge in [0, 0.05) is 12.8 Å². The fraction of sp³-hybridized carbons (Fsp3) is 0.742. The van der Waals surface area contributed by atoms with Gasteiger partial charge in [-0.1, -0.05) is 222 Å². The molecule has 0 saturated carbocycles. The third kappa shape index (κ3) is 52.1. The van der Waals surface area contributed by atoms with E-state index in [0.29, 0.717) is 17.4 Å². The van der Waals surface area contributed by atoms with Crippen LogP contribution in [0.3, 0.4) is 0 Å². The van der Waals surface area contributed by atoms with Crippen LogP contribution in [0.5, 0.6) is 0 Å². The quantitative estimate of drug-likeness (QED) is 0.0205. The number of likely N-dealkylation sites (N-methyl/N-ethyl adjacent to an activating group) is 1. The average molecular weight is 1030 g/mol. The van der Waals surface area contributed by atoms with Gasteiger partial charge in [0.2, 0.25) is 5.91 Å². The molecule has 0 heterocycles. The first-order valence-electron chi connectivity index (χ1n) is 29.4. The Morgan fingerprint density at radius 3 is 1.38 bits per heavy atom. The molecule has 0 fully saturated rings. The van der Waals surface area contributed by atoms with E-state index in [1.807, 2.05) is 33.3 Å². The Morgan fingerprint density at radius 1 is 0.500 bits per heavy atom. The molecular formula is C62H112N2O7P+. The van der Waals surface area contributed by atoms with Crippen LogP contribution in [0.4, 0.5) is 0 Å². The minimum Gasteiger partial charge on any atom is -0.456 e. The van der Waals surface area contributed by atoms with Crippen LogP contribution in [0, 0.1) is 0 Å². The lowest BCUT2D eigenvalue weighted by Gasteiger charge is -2.27. The molecule has 1 amide bonds. The monoisotopic (exact) mass is 1030 g/mol. The second kappa shape index (κ2) is 51.7. The van der Waals surface area contributed by atoms with Gasteiger partial charge in [-0.15, -0.1) is 0 Å². The van der Waals surface area contributed by atoms with Crippen LogP contribution in [0.1, 0.15) is 245 Å². The van der Waals surface area contributed by atoms with Crippen molar-refractivity contribution in [3.8, 4) is 0 Å². The maximum Gasteiger partial charge on any atom is 0.472 e. The van der Waals surface area contributed by atoms with Gasteiger partial charge in [-0.05, 0) is 96.0 Å². The van der Waals surface area contributed by atoms with Crippen molar-refractivity contribution >= 4 is 19.7 Å². The molecule has 0 spiro atoms. The zero-order valence-electron chi connectivity index (χ0n) is 47.4. The highest BCUT2D eigenvalue weighted by atomic mass is 31.2. The number of ether oxygens (including phenoxy) is 1. The normalized spacial score (nSPS) is 14.4. The Morgan fingerprint density at radius 2 is 0.903 bits per heavy atom. The van der Waals surface area contributed by atoms with E-state index in [0.717, 1.165) is 89.9 Å². The molecule has 0 rings (SSSR count). The summed E-state index contributed by atoms with van der Waals surface area (Å²) in [6.45, 7) is 6.84. The Bertz CT molecular complexity index is 1510. The summed E-state index contributed by atoms with van der Waals surface area (Å²) >= 11 is 0. The smallest absolute Gasteiger partial charge is 0.456 e. The summed E-state index contributed by atoms with van der Waals surface area (Å²) in [5.41, 5.74) is 0. The van der Waals surface area contributed by atoms with Gasteiger partial charge < -0.3 is 19.4 Å². The molecule has 3 atom stereocenters. The van der Waals surface area contributed by atoms with Gasteiger partial charge in [-0.25, -0.2) is 4.57 Å². The molecule has 9 nitrogen and oxygen atoms in total.